The molecule has 0 aliphatic carbocycles. The molecule has 0 radical (unpaired) electrons. The summed E-state index contributed by atoms with van der Waals surface area (Å²) in [6, 6.07) is 0.744. The van der Waals surface area contributed by atoms with Gasteiger partial charge in [0.25, 0.3) is 0 Å². The van der Waals surface area contributed by atoms with Gasteiger partial charge in [0.15, 0.2) is 0 Å². The molecule has 21 heavy (non-hydrogen) atoms. The second kappa shape index (κ2) is 8.71. The van der Waals surface area contributed by atoms with Crippen LogP contribution in [-0.2, 0) is 14.3 Å². The first-order chi connectivity index (χ1) is 9.94. The lowest BCUT2D eigenvalue weighted by Gasteiger charge is -2.36. The number of ether oxygens (including phenoxy) is 2. The van der Waals surface area contributed by atoms with Gasteiger partial charge in [-0.3, -0.25) is 9.69 Å². The number of likely N-dealkylation sites (N-methyl/N-ethyl adjacent to an activating group) is 1. The highest BCUT2D eigenvalue weighted by Gasteiger charge is 2.37. The molecule has 1 aliphatic heterocycles. The summed E-state index contributed by atoms with van der Waals surface area (Å²) in [5, 5.41) is 3.37. The smallest absolute Gasteiger partial charge is 0.326 e. The van der Waals surface area contributed by atoms with E-state index in [4.69, 9.17) is 9.47 Å². The molecule has 0 aromatic rings. The average Bonchev–Trinajstić information content (AvgIpc) is 2.98. The molecule has 124 valence electrons. The molecule has 5 heteroatoms. The van der Waals surface area contributed by atoms with Crippen molar-refractivity contribution in [2.24, 2.45) is 0 Å². The quantitative estimate of drug-likeness (QED) is 0.658. The van der Waals surface area contributed by atoms with E-state index in [0.29, 0.717) is 12.6 Å². The number of hydrogen-bond donors (Lipinski definition) is 1. The molecule has 1 heterocycles. The first-order valence-corrected chi connectivity index (χ1v) is 8.16. The topological polar surface area (TPSA) is 50.8 Å². The van der Waals surface area contributed by atoms with Gasteiger partial charge in [0.2, 0.25) is 0 Å². The lowest BCUT2D eigenvalue weighted by Crippen LogP contribution is -2.55. The van der Waals surface area contributed by atoms with E-state index in [-0.39, 0.29) is 12.0 Å². The Hall–Kier alpha value is -0.650. The second-order valence-corrected chi connectivity index (χ2v) is 6.22. The molecule has 0 amide bonds. The van der Waals surface area contributed by atoms with Gasteiger partial charge in [0, 0.05) is 18.7 Å². The lowest BCUT2D eigenvalue weighted by atomic mass is 9.92. The van der Waals surface area contributed by atoms with Crippen LogP contribution in [0.25, 0.3) is 0 Å². The predicted octanol–water partition coefficient (Wildman–Crippen LogP) is 1.81. The molecule has 1 saturated heterocycles. The highest BCUT2D eigenvalue weighted by Crippen LogP contribution is 2.21. The van der Waals surface area contributed by atoms with Gasteiger partial charge in [-0.05, 0) is 53.6 Å². The van der Waals surface area contributed by atoms with Gasteiger partial charge in [-0.2, -0.15) is 0 Å². The Morgan fingerprint density at radius 1 is 1.52 bits per heavy atom. The molecular formula is C16H32N2O3. The lowest BCUT2D eigenvalue weighted by molar-refractivity contribution is -0.151. The van der Waals surface area contributed by atoms with E-state index in [0.717, 1.165) is 39.0 Å². The maximum absolute atomic E-state index is 12.3. The van der Waals surface area contributed by atoms with E-state index in [1.165, 1.54) is 0 Å². The second-order valence-electron chi connectivity index (χ2n) is 6.22. The number of hydrogen-bond acceptors (Lipinski definition) is 5. The van der Waals surface area contributed by atoms with E-state index in [1.54, 1.807) is 0 Å². The van der Waals surface area contributed by atoms with E-state index in [9.17, 15) is 4.79 Å². The minimum atomic E-state index is -0.626. The van der Waals surface area contributed by atoms with Crippen molar-refractivity contribution in [1.82, 2.24) is 10.2 Å². The molecule has 3 unspecified atom stereocenters. The van der Waals surface area contributed by atoms with Crippen molar-refractivity contribution < 1.29 is 14.3 Å². The standard InChI is InChI=1S/C16H32N2O3/c1-6-9-17-16(4,15(19)21-7-2)11-13(3)18(5)14-8-10-20-12-14/h13-14,17H,6-12H2,1-5H3. The monoisotopic (exact) mass is 300 g/mol. The summed E-state index contributed by atoms with van der Waals surface area (Å²) in [6.45, 7) is 10.9. The molecule has 0 aromatic heterocycles. The summed E-state index contributed by atoms with van der Waals surface area (Å²) in [7, 11) is 2.12. The Bertz CT molecular complexity index is 319. The normalized spacial score (nSPS) is 23.0. The third-order valence-electron chi connectivity index (χ3n) is 4.37. The summed E-state index contributed by atoms with van der Waals surface area (Å²) in [5.41, 5.74) is -0.626. The van der Waals surface area contributed by atoms with Gasteiger partial charge in [-0.25, -0.2) is 0 Å². The first-order valence-electron chi connectivity index (χ1n) is 8.16. The van der Waals surface area contributed by atoms with Gasteiger partial charge in [-0.15, -0.1) is 0 Å². The summed E-state index contributed by atoms with van der Waals surface area (Å²) < 4.78 is 10.7. The van der Waals surface area contributed by atoms with E-state index in [2.05, 4.69) is 31.1 Å². The summed E-state index contributed by atoms with van der Waals surface area (Å²) in [5.74, 6) is -0.152. The Kier molecular flexibility index (Phi) is 7.63. The Morgan fingerprint density at radius 3 is 2.76 bits per heavy atom. The van der Waals surface area contributed by atoms with Crippen LogP contribution in [-0.4, -0.2) is 61.9 Å². The third-order valence-corrected chi connectivity index (χ3v) is 4.37. The maximum atomic E-state index is 12.3. The van der Waals surface area contributed by atoms with Crippen molar-refractivity contribution in [3.63, 3.8) is 0 Å². The summed E-state index contributed by atoms with van der Waals surface area (Å²) >= 11 is 0. The summed E-state index contributed by atoms with van der Waals surface area (Å²) in [6.07, 6.45) is 2.80. The fourth-order valence-electron chi connectivity index (χ4n) is 2.86. The Balaban J connectivity index is 2.67. The largest absolute Gasteiger partial charge is 0.465 e. The minimum absolute atomic E-state index is 0.152. The van der Waals surface area contributed by atoms with Crippen LogP contribution in [0.1, 0.15) is 47.0 Å². The van der Waals surface area contributed by atoms with Crippen molar-refractivity contribution in [2.75, 3.05) is 33.4 Å². The third kappa shape index (κ3) is 5.24. The SMILES string of the molecule is CCCNC(C)(CC(C)N(C)C1CCOC1)C(=O)OCC. The molecule has 0 aromatic carbocycles. The van der Waals surface area contributed by atoms with Crippen molar-refractivity contribution in [2.45, 2.75) is 64.6 Å². The first kappa shape index (κ1) is 18.4. The van der Waals surface area contributed by atoms with Crippen LogP contribution < -0.4 is 5.32 Å². The zero-order valence-electron chi connectivity index (χ0n) is 14.3. The van der Waals surface area contributed by atoms with Crippen molar-refractivity contribution in [3.8, 4) is 0 Å². The van der Waals surface area contributed by atoms with Crippen molar-refractivity contribution >= 4 is 5.97 Å². The molecule has 1 N–H and O–H groups in total. The molecule has 0 saturated carbocycles. The van der Waals surface area contributed by atoms with E-state index < -0.39 is 5.54 Å². The molecule has 0 bridgehead atoms. The molecular weight excluding hydrogens is 268 g/mol. The number of carbonyl (C=O) groups excluding carboxylic acids is 1. The van der Waals surface area contributed by atoms with Crippen LogP contribution >= 0.6 is 0 Å². The highest BCUT2D eigenvalue weighted by atomic mass is 16.5. The molecule has 1 rings (SSSR count). The van der Waals surface area contributed by atoms with Gasteiger partial charge in [-0.1, -0.05) is 6.92 Å². The van der Waals surface area contributed by atoms with Gasteiger partial charge < -0.3 is 14.8 Å². The fraction of sp³-hybridized carbons (Fsp3) is 0.938. The van der Waals surface area contributed by atoms with Crippen LogP contribution in [0.15, 0.2) is 0 Å². The minimum Gasteiger partial charge on any atom is -0.465 e. The van der Waals surface area contributed by atoms with Gasteiger partial charge in [0.05, 0.1) is 13.2 Å². The van der Waals surface area contributed by atoms with E-state index in [1.807, 2.05) is 13.8 Å². The number of nitrogens with one attached hydrogen (secondary N) is 1. The molecule has 1 aliphatic rings. The Labute approximate surface area is 129 Å². The van der Waals surface area contributed by atoms with E-state index >= 15 is 0 Å². The van der Waals surface area contributed by atoms with Crippen LogP contribution in [0, 0.1) is 0 Å². The highest BCUT2D eigenvalue weighted by molar-refractivity contribution is 5.80. The number of esters is 1. The van der Waals surface area contributed by atoms with Gasteiger partial charge in [0.1, 0.15) is 5.54 Å². The summed E-state index contributed by atoms with van der Waals surface area (Å²) in [4.78, 5) is 14.7. The van der Waals surface area contributed by atoms with Gasteiger partial charge >= 0.3 is 5.97 Å². The molecule has 3 atom stereocenters. The van der Waals surface area contributed by atoms with Crippen molar-refractivity contribution in [1.29, 1.82) is 0 Å². The maximum Gasteiger partial charge on any atom is 0.326 e. The Morgan fingerprint density at radius 2 is 2.24 bits per heavy atom. The van der Waals surface area contributed by atoms with Crippen LogP contribution in [0.5, 0.6) is 0 Å². The molecule has 5 nitrogen and oxygen atoms in total. The van der Waals surface area contributed by atoms with Crippen LogP contribution in [0.2, 0.25) is 0 Å². The zero-order chi connectivity index (χ0) is 15.9. The van der Waals surface area contributed by atoms with Crippen LogP contribution in [0.3, 0.4) is 0 Å². The molecule has 0 spiro atoms. The number of nitrogens with zero attached hydrogens (tertiary/aromatic N) is 1. The number of rotatable bonds is 9. The zero-order valence-corrected chi connectivity index (χ0v) is 14.3. The predicted molar refractivity (Wildman–Crippen MR) is 84.4 cm³/mol. The fourth-order valence-corrected chi connectivity index (χ4v) is 2.86. The van der Waals surface area contributed by atoms with Crippen molar-refractivity contribution in [3.05, 3.63) is 0 Å². The molecule has 1 fully saturated rings. The van der Waals surface area contributed by atoms with Crippen LogP contribution in [0.4, 0.5) is 0 Å². The number of carbonyl (C=O) groups is 1. The average molecular weight is 300 g/mol.